The van der Waals surface area contributed by atoms with Gasteiger partial charge in [-0.15, -0.1) is 0 Å². The molecule has 1 aliphatic heterocycles. The number of carbonyl (C=O) groups is 1. The standard InChI is InChI=1S/C24H22N4O4/c25-14-21-20(16-3-7-19(8-4-16)32-15-23(29)30)13-22(27-24(21)26)17-1-5-18(6-2-17)28-9-11-31-12-10-28/h1-8,13H,9-12,15H2,(H2,26,27)(H,29,30). The summed E-state index contributed by atoms with van der Waals surface area (Å²) in [4.78, 5) is 17.4. The first-order valence-electron chi connectivity index (χ1n) is 10.1. The van der Waals surface area contributed by atoms with Crippen molar-refractivity contribution in [3.05, 3.63) is 60.2 Å². The fraction of sp³-hybridized carbons (Fsp3) is 0.208. The van der Waals surface area contributed by atoms with E-state index in [9.17, 15) is 10.1 Å². The molecule has 8 heteroatoms. The molecule has 1 fully saturated rings. The lowest BCUT2D eigenvalue weighted by Gasteiger charge is -2.28. The van der Waals surface area contributed by atoms with E-state index in [1.54, 1.807) is 24.3 Å². The number of aromatic nitrogens is 1. The summed E-state index contributed by atoms with van der Waals surface area (Å²) in [6, 6.07) is 18.9. The minimum absolute atomic E-state index is 0.156. The van der Waals surface area contributed by atoms with E-state index in [0.717, 1.165) is 43.1 Å². The summed E-state index contributed by atoms with van der Waals surface area (Å²) < 4.78 is 10.6. The number of benzene rings is 2. The molecule has 1 aromatic heterocycles. The first kappa shape index (κ1) is 21.2. The fourth-order valence-corrected chi connectivity index (χ4v) is 3.60. The van der Waals surface area contributed by atoms with E-state index in [0.29, 0.717) is 17.0 Å². The zero-order valence-electron chi connectivity index (χ0n) is 17.3. The van der Waals surface area contributed by atoms with Crippen molar-refractivity contribution in [1.82, 2.24) is 4.98 Å². The highest BCUT2D eigenvalue weighted by Gasteiger charge is 2.15. The number of nitrogens with zero attached hydrogens (tertiary/aromatic N) is 3. The molecule has 0 amide bonds. The van der Waals surface area contributed by atoms with Gasteiger partial charge in [-0.25, -0.2) is 9.78 Å². The quantitative estimate of drug-likeness (QED) is 0.612. The van der Waals surface area contributed by atoms with Gasteiger partial charge < -0.3 is 25.2 Å². The molecule has 162 valence electrons. The maximum Gasteiger partial charge on any atom is 0.341 e. The number of hydrogen-bond donors (Lipinski definition) is 2. The normalized spacial score (nSPS) is 13.4. The third-order valence-corrected chi connectivity index (χ3v) is 5.23. The van der Waals surface area contributed by atoms with E-state index in [-0.39, 0.29) is 11.4 Å². The Bertz CT molecular complexity index is 1150. The van der Waals surface area contributed by atoms with Crippen molar-refractivity contribution < 1.29 is 19.4 Å². The smallest absolute Gasteiger partial charge is 0.341 e. The molecule has 32 heavy (non-hydrogen) atoms. The van der Waals surface area contributed by atoms with Gasteiger partial charge in [0.1, 0.15) is 23.2 Å². The monoisotopic (exact) mass is 430 g/mol. The van der Waals surface area contributed by atoms with Crippen LogP contribution in [0.15, 0.2) is 54.6 Å². The van der Waals surface area contributed by atoms with Crippen LogP contribution in [0.25, 0.3) is 22.4 Å². The van der Waals surface area contributed by atoms with Crippen LogP contribution >= 0.6 is 0 Å². The first-order valence-corrected chi connectivity index (χ1v) is 10.1. The minimum atomic E-state index is -1.05. The van der Waals surface area contributed by atoms with E-state index < -0.39 is 12.6 Å². The number of carboxylic acid groups (broad SMARTS) is 1. The minimum Gasteiger partial charge on any atom is -0.482 e. The lowest BCUT2D eigenvalue weighted by atomic mass is 9.98. The van der Waals surface area contributed by atoms with Gasteiger partial charge in [0.2, 0.25) is 0 Å². The summed E-state index contributed by atoms with van der Waals surface area (Å²) in [5, 5.41) is 18.4. The Morgan fingerprint density at radius 2 is 1.78 bits per heavy atom. The van der Waals surface area contributed by atoms with Crippen LogP contribution in [0, 0.1) is 11.3 Å². The highest BCUT2D eigenvalue weighted by Crippen LogP contribution is 2.32. The summed E-state index contributed by atoms with van der Waals surface area (Å²) in [5.74, 6) is -0.467. The van der Waals surface area contributed by atoms with Gasteiger partial charge in [0.05, 0.1) is 18.9 Å². The predicted molar refractivity (Wildman–Crippen MR) is 120 cm³/mol. The summed E-state index contributed by atoms with van der Waals surface area (Å²) in [6.07, 6.45) is 0. The van der Waals surface area contributed by atoms with Crippen molar-refractivity contribution >= 4 is 17.5 Å². The van der Waals surface area contributed by atoms with E-state index in [4.69, 9.17) is 20.3 Å². The molecule has 2 heterocycles. The van der Waals surface area contributed by atoms with Crippen LogP contribution in [-0.4, -0.2) is 49.0 Å². The molecule has 0 aliphatic carbocycles. The van der Waals surface area contributed by atoms with Gasteiger partial charge in [0.15, 0.2) is 6.61 Å². The van der Waals surface area contributed by atoms with Crippen LogP contribution in [-0.2, 0) is 9.53 Å². The number of nitrogen functional groups attached to an aromatic ring is 1. The van der Waals surface area contributed by atoms with E-state index in [2.05, 4.69) is 16.0 Å². The van der Waals surface area contributed by atoms with Gasteiger partial charge >= 0.3 is 5.97 Å². The molecule has 8 nitrogen and oxygen atoms in total. The largest absolute Gasteiger partial charge is 0.482 e. The Morgan fingerprint density at radius 3 is 2.41 bits per heavy atom. The first-order chi connectivity index (χ1) is 15.5. The third-order valence-electron chi connectivity index (χ3n) is 5.23. The summed E-state index contributed by atoms with van der Waals surface area (Å²) in [5.41, 5.74) is 10.5. The number of ether oxygens (including phenoxy) is 2. The number of nitriles is 1. The van der Waals surface area contributed by atoms with Gasteiger partial charge in [0.25, 0.3) is 0 Å². The number of anilines is 2. The van der Waals surface area contributed by atoms with Gasteiger partial charge in [-0.1, -0.05) is 24.3 Å². The molecule has 0 atom stereocenters. The second-order valence-corrected chi connectivity index (χ2v) is 7.28. The van der Waals surface area contributed by atoms with Crippen molar-refractivity contribution in [2.75, 3.05) is 43.5 Å². The number of nitrogens with two attached hydrogens (primary N) is 1. The average molecular weight is 430 g/mol. The second kappa shape index (κ2) is 9.37. The SMILES string of the molecule is N#Cc1c(-c2ccc(OCC(=O)O)cc2)cc(-c2ccc(N3CCOCC3)cc2)nc1N. The number of carboxylic acids is 1. The number of rotatable bonds is 6. The predicted octanol–water partition coefficient (Wildman–Crippen LogP) is 3.17. The highest BCUT2D eigenvalue weighted by atomic mass is 16.5. The molecule has 3 aromatic rings. The van der Waals surface area contributed by atoms with Crippen molar-refractivity contribution in [2.24, 2.45) is 0 Å². The van der Waals surface area contributed by atoms with Crippen molar-refractivity contribution in [1.29, 1.82) is 5.26 Å². The van der Waals surface area contributed by atoms with Gasteiger partial charge in [-0.05, 0) is 35.9 Å². The Hall–Kier alpha value is -4.09. The van der Waals surface area contributed by atoms with Crippen LogP contribution in [0.5, 0.6) is 5.75 Å². The molecule has 0 spiro atoms. The van der Waals surface area contributed by atoms with Crippen LogP contribution in [0.4, 0.5) is 11.5 Å². The third kappa shape index (κ3) is 4.63. The van der Waals surface area contributed by atoms with Gasteiger partial charge in [0, 0.05) is 29.9 Å². The van der Waals surface area contributed by atoms with Crippen molar-refractivity contribution in [2.45, 2.75) is 0 Å². The highest BCUT2D eigenvalue weighted by molar-refractivity contribution is 5.80. The summed E-state index contributed by atoms with van der Waals surface area (Å²) in [7, 11) is 0. The molecule has 0 saturated carbocycles. The van der Waals surface area contributed by atoms with Crippen LogP contribution in [0.3, 0.4) is 0 Å². The fourth-order valence-electron chi connectivity index (χ4n) is 3.60. The topological polar surface area (TPSA) is 122 Å². The Labute approximate surface area is 185 Å². The number of aliphatic carboxylic acids is 1. The molecular formula is C24H22N4O4. The van der Waals surface area contributed by atoms with E-state index >= 15 is 0 Å². The molecule has 2 aromatic carbocycles. The second-order valence-electron chi connectivity index (χ2n) is 7.28. The summed E-state index contributed by atoms with van der Waals surface area (Å²) in [6.45, 7) is 2.74. The lowest BCUT2D eigenvalue weighted by Crippen LogP contribution is -2.36. The van der Waals surface area contributed by atoms with Crippen LogP contribution < -0.4 is 15.4 Å². The van der Waals surface area contributed by atoms with Crippen LogP contribution in [0.2, 0.25) is 0 Å². The molecule has 4 rings (SSSR count). The summed E-state index contributed by atoms with van der Waals surface area (Å²) >= 11 is 0. The van der Waals surface area contributed by atoms with Crippen molar-refractivity contribution in [3.8, 4) is 34.2 Å². The molecule has 3 N–H and O–H groups in total. The van der Waals surface area contributed by atoms with Gasteiger partial charge in [-0.2, -0.15) is 5.26 Å². The zero-order valence-corrected chi connectivity index (χ0v) is 17.3. The number of pyridine rings is 1. The van der Waals surface area contributed by atoms with Gasteiger partial charge in [-0.3, -0.25) is 0 Å². The molecule has 0 radical (unpaired) electrons. The average Bonchev–Trinajstić information content (AvgIpc) is 2.83. The maximum atomic E-state index is 10.7. The zero-order chi connectivity index (χ0) is 22.5. The number of morpholine rings is 1. The molecule has 1 aliphatic rings. The Kier molecular flexibility index (Phi) is 6.19. The Balaban J connectivity index is 1.64. The van der Waals surface area contributed by atoms with Crippen LogP contribution in [0.1, 0.15) is 5.56 Å². The molecule has 1 saturated heterocycles. The van der Waals surface area contributed by atoms with E-state index in [1.807, 2.05) is 30.3 Å². The lowest BCUT2D eigenvalue weighted by molar-refractivity contribution is -0.139. The Morgan fingerprint density at radius 1 is 1.12 bits per heavy atom. The molecule has 0 bridgehead atoms. The maximum absolute atomic E-state index is 10.7. The van der Waals surface area contributed by atoms with E-state index in [1.165, 1.54) is 0 Å². The molecular weight excluding hydrogens is 408 g/mol. The number of hydrogen-bond acceptors (Lipinski definition) is 7. The van der Waals surface area contributed by atoms with Crippen molar-refractivity contribution in [3.63, 3.8) is 0 Å². The molecule has 0 unspecified atom stereocenters.